The number of amides is 1. The highest BCUT2D eigenvalue weighted by molar-refractivity contribution is 9.10. The topological polar surface area (TPSA) is 70.1 Å². The highest BCUT2D eigenvalue weighted by atomic mass is 79.9. The van der Waals surface area contributed by atoms with Crippen molar-refractivity contribution in [1.29, 1.82) is 5.26 Å². The Morgan fingerprint density at radius 3 is 2.83 bits per heavy atom. The third-order valence-corrected chi connectivity index (χ3v) is 3.30. The number of hydrogen-bond donors (Lipinski definition) is 1. The van der Waals surface area contributed by atoms with E-state index >= 15 is 0 Å². The zero-order valence-corrected chi connectivity index (χ0v) is 12.1. The molecule has 1 rings (SSSR count). The summed E-state index contributed by atoms with van der Waals surface area (Å²) >= 11 is 3.34. The molecule has 0 saturated heterocycles. The van der Waals surface area contributed by atoms with Gasteiger partial charge in [-0.15, -0.1) is 0 Å². The van der Waals surface area contributed by atoms with Crippen molar-refractivity contribution >= 4 is 27.5 Å². The fraction of sp³-hybridized carbons (Fsp3) is 0.385. The molecule has 0 spiro atoms. The van der Waals surface area contributed by atoms with E-state index in [1.807, 2.05) is 6.92 Å². The van der Waals surface area contributed by atoms with Gasteiger partial charge in [-0.25, -0.2) is 0 Å². The molecule has 0 bridgehead atoms. The average Bonchev–Trinajstić information content (AvgIpc) is 2.37. The second-order valence-electron chi connectivity index (χ2n) is 4.11. The number of nitrogens with zero attached hydrogens (tertiary/aromatic N) is 2. The lowest BCUT2D eigenvalue weighted by molar-refractivity contribution is 0.0752. The predicted octanol–water partition coefficient (Wildman–Crippen LogP) is 2.65. The zero-order chi connectivity index (χ0) is 13.7. The summed E-state index contributed by atoms with van der Waals surface area (Å²) in [6.45, 7) is 4.67. The van der Waals surface area contributed by atoms with Gasteiger partial charge in [0.25, 0.3) is 5.91 Å². The zero-order valence-electron chi connectivity index (χ0n) is 10.5. The monoisotopic (exact) mass is 309 g/mol. The predicted molar refractivity (Wildman–Crippen MR) is 74.9 cm³/mol. The van der Waals surface area contributed by atoms with E-state index in [0.717, 1.165) is 0 Å². The van der Waals surface area contributed by atoms with Crippen molar-refractivity contribution in [1.82, 2.24) is 4.90 Å². The van der Waals surface area contributed by atoms with Crippen molar-refractivity contribution in [3.05, 3.63) is 28.2 Å². The Kier molecular flexibility index (Phi) is 5.17. The van der Waals surface area contributed by atoms with Crippen LogP contribution in [0, 0.1) is 17.2 Å². The molecule has 18 heavy (non-hydrogen) atoms. The lowest BCUT2D eigenvalue weighted by atomic mass is 10.1. The van der Waals surface area contributed by atoms with Gasteiger partial charge in [0.05, 0.1) is 17.6 Å². The minimum atomic E-state index is -0.186. The van der Waals surface area contributed by atoms with E-state index < -0.39 is 0 Å². The van der Waals surface area contributed by atoms with Gasteiger partial charge in [-0.3, -0.25) is 4.79 Å². The third kappa shape index (κ3) is 3.47. The van der Waals surface area contributed by atoms with Crippen LogP contribution in [0.4, 0.5) is 5.69 Å². The lowest BCUT2D eigenvalue weighted by Gasteiger charge is -2.22. The number of carbonyl (C=O) groups excluding carboxylic acids is 1. The Bertz CT molecular complexity index is 482. The molecule has 2 N–H and O–H groups in total. The van der Waals surface area contributed by atoms with E-state index in [2.05, 4.69) is 22.0 Å². The van der Waals surface area contributed by atoms with Crippen LogP contribution in [0.1, 0.15) is 24.2 Å². The van der Waals surface area contributed by atoms with E-state index in [1.54, 1.807) is 30.0 Å². The van der Waals surface area contributed by atoms with Crippen molar-refractivity contribution in [2.24, 2.45) is 5.92 Å². The second kappa shape index (κ2) is 6.41. The maximum Gasteiger partial charge on any atom is 0.255 e. The summed E-state index contributed by atoms with van der Waals surface area (Å²) in [4.78, 5) is 14.0. The molecular weight excluding hydrogens is 294 g/mol. The largest absolute Gasteiger partial charge is 0.399 e. The van der Waals surface area contributed by atoms with E-state index in [1.165, 1.54) is 0 Å². The van der Waals surface area contributed by atoms with Gasteiger partial charge >= 0.3 is 0 Å². The number of rotatable bonds is 4. The number of benzene rings is 1. The van der Waals surface area contributed by atoms with Gasteiger partial charge in [0.2, 0.25) is 0 Å². The van der Waals surface area contributed by atoms with Crippen LogP contribution in [-0.4, -0.2) is 23.9 Å². The number of nitrogen functional groups attached to an aromatic ring is 1. The Morgan fingerprint density at radius 2 is 2.28 bits per heavy atom. The van der Waals surface area contributed by atoms with Crippen molar-refractivity contribution in [3.63, 3.8) is 0 Å². The van der Waals surface area contributed by atoms with Crippen LogP contribution in [0.25, 0.3) is 0 Å². The number of carbonyl (C=O) groups is 1. The van der Waals surface area contributed by atoms with Crippen molar-refractivity contribution in [2.75, 3.05) is 18.8 Å². The molecule has 4 nitrogen and oxygen atoms in total. The van der Waals surface area contributed by atoms with Gasteiger partial charge in [-0.1, -0.05) is 0 Å². The summed E-state index contributed by atoms with van der Waals surface area (Å²) < 4.78 is 0.713. The summed E-state index contributed by atoms with van der Waals surface area (Å²) in [5.74, 6) is -0.299. The van der Waals surface area contributed by atoms with Gasteiger partial charge in [-0.05, 0) is 48.0 Å². The fourth-order valence-corrected chi connectivity index (χ4v) is 2.02. The van der Waals surface area contributed by atoms with Crippen molar-refractivity contribution < 1.29 is 4.79 Å². The van der Waals surface area contributed by atoms with Gasteiger partial charge < -0.3 is 10.6 Å². The van der Waals surface area contributed by atoms with Crippen LogP contribution in [0.3, 0.4) is 0 Å². The molecule has 0 radical (unpaired) electrons. The summed E-state index contributed by atoms with van der Waals surface area (Å²) in [6.07, 6.45) is 0. The van der Waals surface area contributed by atoms with Crippen molar-refractivity contribution in [3.8, 4) is 6.07 Å². The van der Waals surface area contributed by atoms with Crippen LogP contribution in [0.2, 0.25) is 0 Å². The van der Waals surface area contributed by atoms with Gasteiger partial charge in [0.1, 0.15) is 0 Å². The first kappa shape index (κ1) is 14.5. The molecule has 0 saturated carbocycles. The van der Waals surface area contributed by atoms with Crippen LogP contribution in [0.5, 0.6) is 0 Å². The van der Waals surface area contributed by atoms with Gasteiger partial charge in [0, 0.05) is 23.2 Å². The number of anilines is 1. The molecule has 1 aromatic rings. The van der Waals surface area contributed by atoms with Crippen molar-refractivity contribution in [2.45, 2.75) is 13.8 Å². The molecule has 0 aliphatic heterocycles. The smallest absolute Gasteiger partial charge is 0.255 e. The highest BCUT2D eigenvalue weighted by Gasteiger charge is 2.19. The summed E-state index contributed by atoms with van der Waals surface area (Å²) in [5, 5.41) is 8.81. The molecule has 1 atom stereocenters. The van der Waals surface area contributed by atoms with E-state index in [-0.39, 0.29) is 11.8 Å². The molecule has 0 aliphatic carbocycles. The Hall–Kier alpha value is -1.54. The molecule has 0 aromatic heterocycles. The molecule has 1 amide bonds. The first-order valence-electron chi connectivity index (χ1n) is 5.73. The van der Waals surface area contributed by atoms with Crippen LogP contribution in [0.15, 0.2) is 22.7 Å². The lowest BCUT2D eigenvalue weighted by Crippen LogP contribution is -2.34. The number of halogens is 1. The first-order chi connectivity index (χ1) is 8.49. The van der Waals surface area contributed by atoms with E-state index in [9.17, 15) is 4.79 Å². The maximum atomic E-state index is 12.3. The molecule has 5 heteroatoms. The molecule has 0 fully saturated rings. The van der Waals surface area contributed by atoms with Crippen LogP contribution < -0.4 is 5.73 Å². The van der Waals surface area contributed by atoms with E-state index in [0.29, 0.717) is 28.8 Å². The summed E-state index contributed by atoms with van der Waals surface area (Å²) in [7, 11) is 0. The maximum absolute atomic E-state index is 12.3. The summed E-state index contributed by atoms with van der Waals surface area (Å²) in [5.41, 5.74) is 6.77. The van der Waals surface area contributed by atoms with Gasteiger partial charge in [0.15, 0.2) is 0 Å². The molecule has 0 aliphatic rings. The number of nitriles is 1. The average molecular weight is 310 g/mol. The fourth-order valence-electron chi connectivity index (χ4n) is 1.60. The molecule has 1 aromatic carbocycles. The minimum absolute atomic E-state index is 0.112. The van der Waals surface area contributed by atoms with Gasteiger partial charge in [-0.2, -0.15) is 5.26 Å². The molecule has 96 valence electrons. The van der Waals surface area contributed by atoms with Crippen LogP contribution >= 0.6 is 15.9 Å². The normalized spacial score (nSPS) is 11.7. The number of hydrogen-bond acceptors (Lipinski definition) is 3. The highest BCUT2D eigenvalue weighted by Crippen LogP contribution is 2.21. The standard InChI is InChI=1S/C13H16BrN3O/c1-3-17(8-9(2)7-15)13(18)11-6-10(16)4-5-12(11)14/h4-6,9H,3,8,16H2,1-2H3. The number of nitrogens with two attached hydrogens (primary N) is 1. The molecule has 1 unspecified atom stereocenters. The Labute approximate surface area is 116 Å². The second-order valence-corrected chi connectivity index (χ2v) is 4.97. The van der Waals surface area contributed by atoms with E-state index in [4.69, 9.17) is 11.0 Å². The molecule has 0 heterocycles. The Balaban J connectivity index is 2.97. The quantitative estimate of drug-likeness (QED) is 0.869. The third-order valence-electron chi connectivity index (χ3n) is 2.60. The first-order valence-corrected chi connectivity index (χ1v) is 6.52. The molecular formula is C13H16BrN3O. The summed E-state index contributed by atoms with van der Waals surface area (Å²) in [6, 6.07) is 7.26. The SMILES string of the molecule is CCN(CC(C)C#N)C(=O)c1cc(N)ccc1Br. The van der Waals surface area contributed by atoms with Crippen LogP contribution in [-0.2, 0) is 0 Å². The minimum Gasteiger partial charge on any atom is -0.399 e. The Morgan fingerprint density at radius 1 is 1.61 bits per heavy atom.